The van der Waals surface area contributed by atoms with Crippen LogP contribution in [0.3, 0.4) is 0 Å². The highest BCUT2D eigenvalue weighted by molar-refractivity contribution is 8.00. The van der Waals surface area contributed by atoms with Crippen LogP contribution in [0.5, 0.6) is 5.75 Å². The maximum atomic E-state index is 8.91. The molecule has 1 rings (SSSR count). The summed E-state index contributed by atoms with van der Waals surface area (Å²) in [5, 5.41) is 8.85. The molecule has 1 atom stereocenters. The van der Waals surface area contributed by atoms with Gasteiger partial charge in [-0.2, -0.15) is 5.26 Å². The Morgan fingerprint density at radius 3 is 2.81 bits per heavy atom. The maximum absolute atomic E-state index is 8.91. The van der Waals surface area contributed by atoms with Gasteiger partial charge in [-0.05, 0) is 31.5 Å². The minimum Gasteiger partial charge on any atom is -0.494 e. The highest BCUT2D eigenvalue weighted by Gasteiger charge is 2.10. The standard InChI is InChI=1S/C12H16N2OS/c1-3-10(8-13)16-12-7-9(15-4-2)5-6-11(12)14/h5-7,10H,3-4,14H2,1-2H3. The van der Waals surface area contributed by atoms with E-state index >= 15 is 0 Å². The Labute approximate surface area is 101 Å². The van der Waals surface area contributed by atoms with E-state index in [-0.39, 0.29) is 5.25 Å². The Morgan fingerprint density at radius 1 is 1.50 bits per heavy atom. The number of benzene rings is 1. The second-order valence-corrected chi connectivity index (χ2v) is 4.52. The topological polar surface area (TPSA) is 59.0 Å². The van der Waals surface area contributed by atoms with Gasteiger partial charge in [0.25, 0.3) is 0 Å². The molecule has 0 saturated carbocycles. The van der Waals surface area contributed by atoms with Crippen molar-refractivity contribution >= 4 is 17.4 Å². The number of nitrogens with zero attached hydrogens (tertiary/aromatic N) is 1. The van der Waals surface area contributed by atoms with Crippen LogP contribution in [-0.4, -0.2) is 11.9 Å². The van der Waals surface area contributed by atoms with Crippen LogP contribution in [0.4, 0.5) is 5.69 Å². The zero-order chi connectivity index (χ0) is 12.0. The van der Waals surface area contributed by atoms with E-state index in [9.17, 15) is 0 Å². The van der Waals surface area contributed by atoms with Gasteiger partial charge in [0, 0.05) is 10.6 Å². The zero-order valence-corrected chi connectivity index (χ0v) is 10.4. The van der Waals surface area contributed by atoms with Crippen molar-refractivity contribution < 1.29 is 4.74 Å². The highest BCUT2D eigenvalue weighted by atomic mass is 32.2. The largest absolute Gasteiger partial charge is 0.494 e. The van der Waals surface area contributed by atoms with Gasteiger partial charge in [-0.1, -0.05) is 6.92 Å². The molecule has 1 aromatic carbocycles. The molecule has 0 saturated heterocycles. The van der Waals surface area contributed by atoms with Gasteiger partial charge >= 0.3 is 0 Å². The van der Waals surface area contributed by atoms with E-state index in [1.807, 2.05) is 32.0 Å². The quantitative estimate of drug-likeness (QED) is 0.630. The van der Waals surface area contributed by atoms with Crippen molar-refractivity contribution in [3.63, 3.8) is 0 Å². The highest BCUT2D eigenvalue weighted by Crippen LogP contribution is 2.32. The van der Waals surface area contributed by atoms with Crippen LogP contribution in [0.2, 0.25) is 0 Å². The van der Waals surface area contributed by atoms with Crippen LogP contribution in [0.15, 0.2) is 23.1 Å². The molecule has 1 aromatic rings. The Balaban J connectivity index is 2.85. The van der Waals surface area contributed by atoms with E-state index in [2.05, 4.69) is 6.07 Å². The van der Waals surface area contributed by atoms with Gasteiger partial charge in [-0.15, -0.1) is 11.8 Å². The summed E-state index contributed by atoms with van der Waals surface area (Å²) in [6.07, 6.45) is 0.805. The number of anilines is 1. The van der Waals surface area contributed by atoms with E-state index in [1.54, 1.807) is 0 Å². The monoisotopic (exact) mass is 236 g/mol. The lowest BCUT2D eigenvalue weighted by Gasteiger charge is -2.10. The number of nitrogens with two attached hydrogens (primary N) is 1. The number of hydrogen-bond donors (Lipinski definition) is 1. The second kappa shape index (κ2) is 6.29. The van der Waals surface area contributed by atoms with Crippen molar-refractivity contribution in [3.8, 4) is 11.8 Å². The molecule has 1 unspecified atom stereocenters. The van der Waals surface area contributed by atoms with E-state index in [1.165, 1.54) is 11.8 Å². The normalized spacial score (nSPS) is 11.8. The zero-order valence-electron chi connectivity index (χ0n) is 9.56. The fourth-order valence-electron chi connectivity index (χ4n) is 1.23. The number of nitriles is 1. The van der Waals surface area contributed by atoms with Crippen LogP contribution in [0.25, 0.3) is 0 Å². The molecule has 0 radical (unpaired) electrons. The average Bonchev–Trinajstić information content (AvgIpc) is 2.30. The third kappa shape index (κ3) is 3.35. The molecule has 0 amide bonds. The summed E-state index contributed by atoms with van der Waals surface area (Å²) < 4.78 is 5.40. The molecule has 4 heteroatoms. The third-order valence-electron chi connectivity index (χ3n) is 2.08. The van der Waals surface area contributed by atoms with Gasteiger partial charge in [0.1, 0.15) is 5.75 Å². The Hall–Kier alpha value is -1.34. The lowest BCUT2D eigenvalue weighted by molar-refractivity contribution is 0.339. The Kier molecular flexibility index (Phi) is 5.00. The van der Waals surface area contributed by atoms with Crippen LogP contribution in [-0.2, 0) is 0 Å². The molecule has 0 heterocycles. The summed E-state index contributed by atoms with van der Waals surface area (Å²) in [6.45, 7) is 4.56. The molecular formula is C12H16N2OS. The maximum Gasteiger partial charge on any atom is 0.120 e. The Bertz CT molecular complexity index is 387. The smallest absolute Gasteiger partial charge is 0.120 e. The summed E-state index contributed by atoms with van der Waals surface area (Å²) in [5.74, 6) is 0.798. The van der Waals surface area contributed by atoms with Gasteiger partial charge in [0.05, 0.1) is 17.9 Å². The fourth-order valence-corrected chi connectivity index (χ4v) is 2.14. The fraction of sp³-hybridized carbons (Fsp3) is 0.417. The minimum atomic E-state index is -0.0563. The number of thioether (sulfide) groups is 1. The van der Waals surface area contributed by atoms with Crippen molar-refractivity contribution in [1.82, 2.24) is 0 Å². The number of ether oxygens (including phenoxy) is 1. The SMILES string of the molecule is CCOc1ccc(N)c(SC(C#N)CC)c1. The number of rotatable bonds is 5. The lowest BCUT2D eigenvalue weighted by atomic mass is 10.3. The van der Waals surface area contributed by atoms with E-state index < -0.39 is 0 Å². The van der Waals surface area contributed by atoms with Gasteiger partial charge in [-0.25, -0.2) is 0 Å². The molecule has 0 aliphatic heterocycles. The van der Waals surface area contributed by atoms with Crippen molar-refractivity contribution in [2.45, 2.75) is 30.4 Å². The first kappa shape index (κ1) is 12.7. The summed E-state index contributed by atoms with van der Waals surface area (Å²) in [6, 6.07) is 7.80. The third-order valence-corrected chi connectivity index (χ3v) is 3.41. The van der Waals surface area contributed by atoms with Crippen LogP contribution in [0, 0.1) is 11.3 Å². The molecule has 2 N–H and O–H groups in total. The Morgan fingerprint density at radius 2 is 2.25 bits per heavy atom. The second-order valence-electron chi connectivity index (χ2n) is 3.28. The summed E-state index contributed by atoms with van der Waals surface area (Å²) >= 11 is 1.49. The first-order valence-corrected chi connectivity index (χ1v) is 6.17. The first-order chi connectivity index (χ1) is 7.71. The van der Waals surface area contributed by atoms with Crippen molar-refractivity contribution in [2.24, 2.45) is 0 Å². The average molecular weight is 236 g/mol. The van der Waals surface area contributed by atoms with Gasteiger partial charge in [0.15, 0.2) is 0 Å². The van der Waals surface area contributed by atoms with Gasteiger partial charge < -0.3 is 10.5 Å². The number of nitrogen functional groups attached to an aromatic ring is 1. The van der Waals surface area contributed by atoms with E-state index in [0.717, 1.165) is 17.1 Å². The summed E-state index contributed by atoms with van der Waals surface area (Å²) in [7, 11) is 0. The van der Waals surface area contributed by atoms with Crippen molar-refractivity contribution in [1.29, 1.82) is 5.26 Å². The van der Waals surface area contributed by atoms with Crippen LogP contribution < -0.4 is 10.5 Å². The lowest BCUT2D eigenvalue weighted by Crippen LogP contribution is -1.99. The van der Waals surface area contributed by atoms with E-state index in [0.29, 0.717) is 12.3 Å². The molecule has 0 aliphatic carbocycles. The molecule has 0 aliphatic rings. The summed E-state index contributed by atoms with van der Waals surface area (Å²) in [5.41, 5.74) is 6.55. The molecule has 16 heavy (non-hydrogen) atoms. The molecule has 0 fully saturated rings. The molecular weight excluding hydrogens is 220 g/mol. The predicted molar refractivity (Wildman–Crippen MR) is 67.6 cm³/mol. The van der Waals surface area contributed by atoms with Crippen molar-refractivity contribution in [3.05, 3.63) is 18.2 Å². The molecule has 0 bridgehead atoms. The van der Waals surface area contributed by atoms with Gasteiger partial charge in [0.2, 0.25) is 0 Å². The summed E-state index contributed by atoms with van der Waals surface area (Å²) in [4.78, 5) is 0.916. The number of hydrogen-bond acceptors (Lipinski definition) is 4. The molecule has 3 nitrogen and oxygen atoms in total. The van der Waals surface area contributed by atoms with Gasteiger partial charge in [-0.3, -0.25) is 0 Å². The van der Waals surface area contributed by atoms with Crippen LogP contribution in [0.1, 0.15) is 20.3 Å². The predicted octanol–water partition coefficient (Wildman–Crippen LogP) is 3.06. The van der Waals surface area contributed by atoms with E-state index in [4.69, 9.17) is 15.7 Å². The molecule has 0 spiro atoms. The minimum absolute atomic E-state index is 0.0563. The van der Waals surface area contributed by atoms with Crippen molar-refractivity contribution in [2.75, 3.05) is 12.3 Å². The molecule has 0 aromatic heterocycles. The molecule has 86 valence electrons. The van der Waals surface area contributed by atoms with Crippen LogP contribution >= 0.6 is 11.8 Å². The first-order valence-electron chi connectivity index (χ1n) is 5.29.